The van der Waals surface area contributed by atoms with Crippen LogP contribution in [0, 0.1) is 11.3 Å². The SMILES string of the molecule is CC(C)(C)C(=O)N[C@@H](N1C[C@@H]2C[C@@H](C1)c1cccc(=O)n1C2)C(Cl)(Cl)Cl. The fourth-order valence-electron chi connectivity index (χ4n) is 3.87. The van der Waals surface area contributed by atoms with Gasteiger partial charge in [0.2, 0.25) is 9.70 Å². The van der Waals surface area contributed by atoms with Crippen molar-refractivity contribution in [2.75, 3.05) is 13.1 Å². The van der Waals surface area contributed by atoms with E-state index in [0.717, 1.165) is 12.1 Å². The molecule has 1 saturated heterocycles. The number of hydrogen-bond acceptors (Lipinski definition) is 3. The Kier molecular flexibility index (Phi) is 5.39. The second-order valence-electron chi connectivity index (χ2n) is 8.32. The Hall–Kier alpha value is -0.750. The number of alkyl halides is 3. The second kappa shape index (κ2) is 7.01. The first kappa shape index (κ1) is 20.0. The van der Waals surface area contributed by atoms with Gasteiger partial charge in [-0.2, -0.15) is 0 Å². The van der Waals surface area contributed by atoms with E-state index >= 15 is 0 Å². The molecule has 1 N–H and O–H groups in total. The number of carbonyl (C=O) groups is 1. The van der Waals surface area contributed by atoms with Crippen LogP contribution in [0.25, 0.3) is 0 Å². The van der Waals surface area contributed by atoms with Crippen LogP contribution in [0.5, 0.6) is 0 Å². The minimum absolute atomic E-state index is 0.0320. The number of likely N-dealkylation sites (tertiary alicyclic amines) is 1. The average molecular weight is 421 g/mol. The zero-order chi connectivity index (χ0) is 19.3. The number of nitrogens with zero attached hydrogens (tertiary/aromatic N) is 2. The Morgan fingerprint density at radius 3 is 2.50 bits per heavy atom. The smallest absolute Gasteiger partial charge is 0.250 e. The molecule has 3 heterocycles. The lowest BCUT2D eigenvalue weighted by Crippen LogP contribution is -2.61. The molecule has 3 atom stereocenters. The van der Waals surface area contributed by atoms with E-state index in [9.17, 15) is 9.59 Å². The van der Waals surface area contributed by atoms with Crippen LogP contribution < -0.4 is 10.9 Å². The minimum atomic E-state index is -1.65. The van der Waals surface area contributed by atoms with Crippen molar-refractivity contribution < 1.29 is 4.79 Å². The number of rotatable bonds is 2. The molecule has 2 bridgehead atoms. The van der Waals surface area contributed by atoms with Gasteiger partial charge in [-0.25, -0.2) is 0 Å². The lowest BCUT2D eigenvalue weighted by atomic mass is 9.83. The number of carbonyl (C=O) groups excluding carboxylic acids is 1. The summed E-state index contributed by atoms with van der Waals surface area (Å²) in [6.07, 6.45) is 0.284. The number of piperidine rings is 1. The molecule has 26 heavy (non-hydrogen) atoms. The van der Waals surface area contributed by atoms with Crippen LogP contribution in [0.1, 0.15) is 38.8 Å². The Morgan fingerprint density at radius 1 is 1.19 bits per heavy atom. The van der Waals surface area contributed by atoms with E-state index < -0.39 is 15.4 Å². The molecular formula is C18H24Cl3N3O2. The highest BCUT2D eigenvalue weighted by Crippen LogP contribution is 2.40. The van der Waals surface area contributed by atoms with Gasteiger partial charge in [0, 0.05) is 42.7 Å². The highest BCUT2D eigenvalue weighted by Gasteiger charge is 2.45. The maximum absolute atomic E-state index is 12.5. The third-order valence-electron chi connectivity index (χ3n) is 5.13. The molecule has 2 aliphatic heterocycles. The van der Waals surface area contributed by atoms with Gasteiger partial charge in [0.1, 0.15) is 6.17 Å². The zero-order valence-corrected chi connectivity index (χ0v) is 17.4. The molecule has 144 valence electrons. The molecule has 0 spiro atoms. The van der Waals surface area contributed by atoms with Gasteiger partial charge in [0.25, 0.3) is 5.56 Å². The Balaban J connectivity index is 1.87. The lowest BCUT2D eigenvalue weighted by Gasteiger charge is -2.47. The third-order valence-corrected chi connectivity index (χ3v) is 5.75. The summed E-state index contributed by atoms with van der Waals surface area (Å²) >= 11 is 18.7. The Morgan fingerprint density at radius 2 is 1.88 bits per heavy atom. The highest BCUT2D eigenvalue weighted by molar-refractivity contribution is 6.68. The number of hydrogen-bond donors (Lipinski definition) is 1. The van der Waals surface area contributed by atoms with Crippen molar-refractivity contribution >= 4 is 40.7 Å². The summed E-state index contributed by atoms with van der Waals surface area (Å²) in [5.41, 5.74) is 0.466. The maximum Gasteiger partial charge on any atom is 0.250 e. The normalized spacial score (nSPS) is 24.7. The highest BCUT2D eigenvalue weighted by atomic mass is 35.6. The van der Waals surface area contributed by atoms with Crippen molar-refractivity contribution in [1.82, 2.24) is 14.8 Å². The van der Waals surface area contributed by atoms with E-state index in [1.165, 1.54) is 0 Å². The fraction of sp³-hybridized carbons (Fsp3) is 0.667. The van der Waals surface area contributed by atoms with Crippen molar-refractivity contribution in [2.24, 2.45) is 11.3 Å². The number of fused-ring (bicyclic) bond motifs is 4. The monoisotopic (exact) mass is 419 g/mol. The first-order chi connectivity index (χ1) is 12.0. The first-order valence-corrected chi connectivity index (χ1v) is 9.91. The van der Waals surface area contributed by atoms with Crippen LogP contribution in [-0.4, -0.2) is 38.4 Å². The van der Waals surface area contributed by atoms with E-state index in [1.54, 1.807) is 12.1 Å². The molecule has 1 fully saturated rings. The summed E-state index contributed by atoms with van der Waals surface area (Å²) < 4.78 is 0.206. The summed E-state index contributed by atoms with van der Waals surface area (Å²) in [5, 5.41) is 2.91. The number of aromatic nitrogens is 1. The van der Waals surface area contributed by atoms with Gasteiger partial charge in [0.15, 0.2) is 0 Å². The molecule has 0 radical (unpaired) electrons. The Labute approximate surface area is 168 Å². The van der Waals surface area contributed by atoms with Crippen LogP contribution in [0.15, 0.2) is 23.0 Å². The van der Waals surface area contributed by atoms with E-state index in [0.29, 0.717) is 19.6 Å². The van der Waals surface area contributed by atoms with Crippen LogP contribution in [0.2, 0.25) is 0 Å². The molecule has 5 nitrogen and oxygen atoms in total. The van der Waals surface area contributed by atoms with Gasteiger partial charge in [0.05, 0.1) is 0 Å². The average Bonchev–Trinajstić information content (AvgIpc) is 2.51. The molecule has 0 unspecified atom stereocenters. The van der Waals surface area contributed by atoms with Gasteiger partial charge in [-0.3, -0.25) is 14.5 Å². The van der Waals surface area contributed by atoms with Crippen LogP contribution >= 0.6 is 34.8 Å². The summed E-state index contributed by atoms with van der Waals surface area (Å²) in [6, 6.07) is 5.38. The van der Waals surface area contributed by atoms with Gasteiger partial charge in [-0.1, -0.05) is 61.6 Å². The van der Waals surface area contributed by atoms with Crippen molar-refractivity contribution in [3.63, 3.8) is 0 Å². The van der Waals surface area contributed by atoms with Crippen molar-refractivity contribution in [2.45, 2.75) is 49.6 Å². The molecular weight excluding hydrogens is 397 g/mol. The molecule has 1 amide bonds. The number of pyridine rings is 1. The zero-order valence-electron chi connectivity index (χ0n) is 15.1. The van der Waals surface area contributed by atoms with E-state index in [1.807, 2.05) is 36.3 Å². The summed E-state index contributed by atoms with van der Waals surface area (Å²) in [7, 11) is 0. The van der Waals surface area contributed by atoms with E-state index in [2.05, 4.69) is 5.32 Å². The second-order valence-corrected chi connectivity index (χ2v) is 10.7. The minimum Gasteiger partial charge on any atom is -0.336 e. The first-order valence-electron chi connectivity index (χ1n) is 8.78. The van der Waals surface area contributed by atoms with Crippen molar-refractivity contribution in [3.8, 4) is 0 Å². The summed E-state index contributed by atoms with van der Waals surface area (Å²) in [4.78, 5) is 26.7. The van der Waals surface area contributed by atoms with Gasteiger partial charge in [-0.15, -0.1) is 0 Å². The number of nitrogens with one attached hydrogen (secondary N) is 1. The predicted octanol–water partition coefficient (Wildman–Crippen LogP) is 3.13. The third kappa shape index (κ3) is 4.06. The largest absolute Gasteiger partial charge is 0.336 e. The van der Waals surface area contributed by atoms with Gasteiger partial charge >= 0.3 is 0 Å². The quantitative estimate of drug-likeness (QED) is 0.748. The topological polar surface area (TPSA) is 54.3 Å². The molecule has 0 saturated carbocycles. The molecule has 8 heteroatoms. The summed E-state index contributed by atoms with van der Waals surface area (Å²) in [5.74, 6) is 0.293. The van der Waals surface area contributed by atoms with Gasteiger partial charge < -0.3 is 9.88 Å². The van der Waals surface area contributed by atoms with Crippen LogP contribution in [0.4, 0.5) is 0 Å². The van der Waals surface area contributed by atoms with Gasteiger partial charge in [-0.05, 0) is 18.4 Å². The predicted molar refractivity (Wildman–Crippen MR) is 105 cm³/mol. The molecule has 1 aromatic rings. The standard InChI is InChI=1S/C18H24Cl3N3O2/c1-17(2,3)16(26)22-15(18(19,20)21)23-8-11-7-12(10-23)13-5-4-6-14(25)24(13)9-11/h4-6,11-12,15H,7-10H2,1-3H3,(H,22,26)/t11-,12-,15-/m0/s1. The van der Waals surface area contributed by atoms with Crippen molar-refractivity contribution in [3.05, 3.63) is 34.2 Å². The van der Waals surface area contributed by atoms with E-state index in [4.69, 9.17) is 34.8 Å². The molecule has 0 aromatic carbocycles. The molecule has 1 aromatic heterocycles. The molecule has 3 rings (SSSR count). The lowest BCUT2D eigenvalue weighted by molar-refractivity contribution is -0.131. The maximum atomic E-state index is 12.5. The molecule has 2 aliphatic rings. The number of halogens is 3. The fourth-order valence-corrected chi connectivity index (χ4v) is 4.44. The van der Waals surface area contributed by atoms with Crippen molar-refractivity contribution in [1.29, 1.82) is 0 Å². The van der Waals surface area contributed by atoms with Crippen LogP contribution in [-0.2, 0) is 11.3 Å². The number of amides is 1. The Bertz CT molecular complexity index is 751. The summed E-state index contributed by atoms with van der Waals surface area (Å²) in [6.45, 7) is 7.42. The molecule has 0 aliphatic carbocycles. The van der Waals surface area contributed by atoms with Crippen LogP contribution in [0.3, 0.4) is 0 Å². The van der Waals surface area contributed by atoms with E-state index in [-0.39, 0.29) is 23.3 Å².